The molecule has 2 heterocycles. The fourth-order valence-corrected chi connectivity index (χ4v) is 2.54. The number of aromatic hydroxyl groups is 1. The van der Waals surface area contributed by atoms with Crippen LogP contribution in [0.5, 0.6) is 5.75 Å². The van der Waals surface area contributed by atoms with Crippen LogP contribution in [0.2, 0.25) is 0 Å². The Hall–Kier alpha value is -1.81. The van der Waals surface area contributed by atoms with Gasteiger partial charge in [-0.1, -0.05) is 12.1 Å². The van der Waals surface area contributed by atoms with Crippen molar-refractivity contribution in [2.75, 3.05) is 0 Å². The van der Waals surface area contributed by atoms with Crippen LogP contribution in [0.1, 0.15) is 0 Å². The molecule has 0 saturated heterocycles. The second kappa shape index (κ2) is 2.84. The lowest BCUT2D eigenvalue weighted by Crippen LogP contribution is -2.01. The zero-order valence-corrected chi connectivity index (χ0v) is 8.47. The largest absolute Gasteiger partial charge is 0.506 e. The van der Waals surface area contributed by atoms with E-state index in [2.05, 4.69) is 4.98 Å². The molecule has 0 radical (unpaired) electrons. The van der Waals surface area contributed by atoms with Gasteiger partial charge in [-0.15, -0.1) is 11.3 Å². The molecule has 2 N–H and O–H groups in total. The van der Waals surface area contributed by atoms with Crippen molar-refractivity contribution >= 4 is 32.5 Å². The number of pyridine rings is 1. The van der Waals surface area contributed by atoms with Gasteiger partial charge in [0.25, 0.3) is 0 Å². The lowest BCUT2D eigenvalue weighted by molar-refractivity contribution is 0.483. The predicted molar refractivity (Wildman–Crippen MR) is 61.6 cm³/mol. The summed E-state index contributed by atoms with van der Waals surface area (Å²) in [6, 6.07) is 7.29. The van der Waals surface area contributed by atoms with Crippen molar-refractivity contribution < 1.29 is 5.11 Å². The van der Waals surface area contributed by atoms with Gasteiger partial charge in [0.15, 0.2) is 0 Å². The van der Waals surface area contributed by atoms with Gasteiger partial charge in [0.1, 0.15) is 10.6 Å². The number of H-pyrrole nitrogens is 1. The number of benzene rings is 1. The molecular weight excluding hydrogens is 210 g/mol. The molecule has 0 aliphatic heterocycles. The number of thiophene rings is 1. The van der Waals surface area contributed by atoms with Crippen LogP contribution in [0.15, 0.2) is 34.4 Å². The van der Waals surface area contributed by atoms with Crippen LogP contribution in [-0.4, -0.2) is 10.1 Å². The van der Waals surface area contributed by atoms with E-state index < -0.39 is 0 Å². The molecule has 0 spiro atoms. The molecule has 1 aromatic carbocycles. The highest BCUT2D eigenvalue weighted by molar-refractivity contribution is 7.17. The maximum Gasteiger partial charge on any atom is 0.201 e. The Morgan fingerprint density at radius 1 is 1.27 bits per heavy atom. The number of rotatable bonds is 0. The first-order valence-corrected chi connectivity index (χ1v) is 5.36. The van der Waals surface area contributed by atoms with Gasteiger partial charge in [0.05, 0.1) is 10.9 Å². The quantitative estimate of drug-likeness (QED) is 0.607. The van der Waals surface area contributed by atoms with Crippen LogP contribution in [-0.2, 0) is 0 Å². The van der Waals surface area contributed by atoms with Crippen molar-refractivity contribution in [1.29, 1.82) is 0 Å². The third kappa shape index (κ3) is 1.08. The predicted octanol–water partition coefficient (Wildman–Crippen LogP) is 2.45. The fraction of sp³-hybridized carbons (Fsp3) is 0. The van der Waals surface area contributed by atoms with Crippen LogP contribution in [0.25, 0.3) is 21.1 Å². The average molecular weight is 217 g/mol. The van der Waals surface area contributed by atoms with Crippen LogP contribution in [0.4, 0.5) is 0 Å². The topological polar surface area (TPSA) is 53.1 Å². The Morgan fingerprint density at radius 3 is 2.93 bits per heavy atom. The number of hydrogen-bond donors (Lipinski definition) is 2. The fourth-order valence-electron chi connectivity index (χ4n) is 1.71. The summed E-state index contributed by atoms with van der Waals surface area (Å²) in [5, 5.41) is 12.1. The zero-order valence-electron chi connectivity index (χ0n) is 7.65. The lowest BCUT2D eigenvalue weighted by atomic mass is 10.2. The summed E-state index contributed by atoms with van der Waals surface area (Å²) in [6.07, 6.45) is 0. The molecule has 0 saturated carbocycles. The summed E-state index contributed by atoms with van der Waals surface area (Å²) in [6.45, 7) is 0. The van der Waals surface area contributed by atoms with Crippen LogP contribution in [0, 0.1) is 0 Å². The molecule has 0 amide bonds. The average Bonchev–Trinajstić information content (AvgIpc) is 2.61. The summed E-state index contributed by atoms with van der Waals surface area (Å²) in [5.41, 5.74) is 0.690. The highest BCUT2D eigenvalue weighted by Crippen LogP contribution is 2.28. The molecule has 15 heavy (non-hydrogen) atoms. The molecule has 0 unspecified atom stereocenters. The van der Waals surface area contributed by atoms with E-state index >= 15 is 0 Å². The first-order valence-electron chi connectivity index (χ1n) is 4.48. The van der Waals surface area contributed by atoms with Crippen molar-refractivity contribution in [2.24, 2.45) is 0 Å². The molecule has 0 aliphatic rings. The molecule has 3 nitrogen and oxygen atoms in total. The van der Waals surface area contributed by atoms with Crippen molar-refractivity contribution in [3.05, 3.63) is 39.9 Å². The smallest absolute Gasteiger partial charge is 0.201 e. The molecule has 0 bridgehead atoms. The number of hydrogen-bond acceptors (Lipinski definition) is 3. The Labute approximate surface area is 88.6 Å². The van der Waals surface area contributed by atoms with E-state index in [1.54, 1.807) is 11.4 Å². The molecular formula is C11H7NO2S. The Kier molecular flexibility index (Phi) is 1.61. The molecule has 3 aromatic rings. The van der Waals surface area contributed by atoms with Crippen molar-refractivity contribution in [3.63, 3.8) is 0 Å². The monoisotopic (exact) mass is 217 g/mol. The maximum atomic E-state index is 12.0. The molecule has 0 aliphatic carbocycles. The van der Waals surface area contributed by atoms with Crippen molar-refractivity contribution in [3.8, 4) is 5.75 Å². The Balaban J connectivity index is 2.69. The summed E-state index contributed by atoms with van der Waals surface area (Å²) in [7, 11) is 0. The SMILES string of the molecule is O=c1c2ccccc2[nH]c2scc(O)c12. The third-order valence-corrected chi connectivity index (χ3v) is 3.30. The van der Waals surface area contributed by atoms with E-state index in [0.29, 0.717) is 10.8 Å². The van der Waals surface area contributed by atoms with Crippen molar-refractivity contribution in [2.45, 2.75) is 0 Å². The Morgan fingerprint density at radius 2 is 2.07 bits per heavy atom. The number of para-hydroxylation sites is 1. The van der Waals surface area contributed by atoms with Gasteiger partial charge in [-0.2, -0.15) is 0 Å². The highest BCUT2D eigenvalue weighted by atomic mass is 32.1. The van der Waals surface area contributed by atoms with E-state index in [0.717, 1.165) is 10.3 Å². The highest BCUT2D eigenvalue weighted by Gasteiger charge is 2.10. The minimum Gasteiger partial charge on any atom is -0.506 e. The van der Waals surface area contributed by atoms with E-state index in [-0.39, 0.29) is 11.2 Å². The summed E-state index contributed by atoms with van der Waals surface area (Å²) >= 11 is 1.34. The first-order chi connectivity index (χ1) is 7.27. The molecule has 4 heteroatoms. The minimum atomic E-state index is -0.113. The zero-order chi connectivity index (χ0) is 10.4. The van der Waals surface area contributed by atoms with Crippen molar-refractivity contribution in [1.82, 2.24) is 4.98 Å². The van der Waals surface area contributed by atoms with Crippen LogP contribution >= 0.6 is 11.3 Å². The second-order valence-electron chi connectivity index (χ2n) is 3.32. The van der Waals surface area contributed by atoms with Gasteiger partial charge in [-0.05, 0) is 12.1 Å². The summed E-state index contributed by atoms with van der Waals surface area (Å²) in [5.74, 6) is 0.0574. The standard InChI is InChI=1S/C11H7NO2S/c13-8-5-15-11-9(8)10(14)6-3-1-2-4-7(6)12-11/h1-5,13H,(H,12,14). The molecule has 3 rings (SSSR count). The third-order valence-electron chi connectivity index (χ3n) is 2.42. The van der Waals surface area contributed by atoms with Gasteiger partial charge in [0, 0.05) is 10.8 Å². The molecule has 2 aromatic heterocycles. The van der Waals surface area contributed by atoms with E-state index in [1.807, 2.05) is 18.2 Å². The number of aromatic amines is 1. The van der Waals surface area contributed by atoms with E-state index in [1.165, 1.54) is 11.3 Å². The maximum absolute atomic E-state index is 12.0. The summed E-state index contributed by atoms with van der Waals surface area (Å²) in [4.78, 5) is 15.8. The Bertz CT molecular complexity index is 711. The molecule has 0 fully saturated rings. The normalized spacial score (nSPS) is 11.2. The second-order valence-corrected chi connectivity index (χ2v) is 4.20. The van der Waals surface area contributed by atoms with Crippen LogP contribution < -0.4 is 5.43 Å². The number of nitrogens with one attached hydrogen (secondary N) is 1. The van der Waals surface area contributed by atoms with E-state index in [4.69, 9.17) is 0 Å². The lowest BCUT2D eigenvalue weighted by Gasteiger charge is -1.97. The van der Waals surface area contributed by atoms with Gasteiger partial charge in [-0.3, -0.25) is 4.79 Å². The summed E-state index contributed by atoms with van der Waals surface area (Å²) < 4.78 is 0. The number of fused-ring (bicyclic) bond motifs is 2. The van der Waals surface area contributed by atoms with Gasteiger partial charge < -0.3 is 10.1 Å². The first kappa shape index (κ1) is 8.49. The number of aromatic nitrogens is 1. The molecule has 74 valence electrons. The van der Waals surface area contributed by atoms with Crippen LogP contribution in [0.3, 0.4) is 0 Å². The minimum absolute atomic E-state index is 0.0574. The van der Waals surface area contributed by atoms with Gasteiger partial charge >= 0.3 is 0 Å². The van der Waals surface area contributed by atoms with Gasteiger partial charge in [0.2, 0.25) is 5.43 Å². The van der Waals surface area contributed by atoms with E-state index in [9.17, 15) is 9.90 Å². The molecule has 0 atom stereocenters. The van der Waals surface area contributed by atoms with Gasteiger partial charge in [-0.25, -0.2) is 0 Å².